The summed E-state index contributed by atoms with van der Waals surface area (Å²) in [7, 11) is 0. The highest BCUT2D eigenvalue weighted by atomic mass is 79.9. The molecule has 1 aromatic rings. The van der Waals surface area contributed by atoms with Gasteiger partial charge in [-0.05, 0) is 52.4 Å². The zero-order chi connectivity index (χ0) is 12.5. The van der Waals surface area contributed by atoms with Crippen molar-refractivity contribution in [3.05, 3.63) is 28.5 Å². The molecule has 1 fully saturated rings. The van der Waals surface area contributed by atoms with Crippen LogP contribution in [0.25, 0.3) is 0 Å². The third-order valence-electron chi connectivity index (χ3n) is 3.77. The van der Waals surface area contributed by atoms with Gasteiger partial charge in [-0.1, -0.05) is 26.7 Å². The minimum Gasteiger partial charge on any atom is -0.381 e. The summed E-state index contributed by atoms with van der Waals surface area (Å²) in [6.07, 6.45) is 4.96. The lowest BCUT2D eigenvalue weighted by Crippen LogP contribution is -2.39. The highest BCUT2D eigenvalue weighted by Crippen LogP contribution is 2.38. The summed E-state index contributed by atoms with van der Waals surface area (Å²) >= 11 is 3.47. The fraction of sp³-hybridized carbons (Fsp3) is 0.571. The standard InChI is InChI=1S/C14H19BrFN/c1-14(2)8-4-3-5-13(14)17-12-9-10(16)6-7-11(12)15/h6-7,9,13,17H,3-5,8H2,1-2H3. The van der Waals surface area contributed by atoms with Crippen LogP contribution in [0.5, 0.6) is 0 Å². The van der Waals surface area contributed by atoms with E-state index in [1.165, 1.54) is 25.3 Å². The number of benzene rings is 1. The van der Waals surface area contributed by atoms with Gasteiger partial charge in [0.1, 0.15) is 5.82 Å². The Morgan fingerprint density at radius 1 is 1.35 bits per heavy atom. The molecule has 1 saturated carbocycles. The zero-order valence-electron chi connectivity index (χ0n) is 10.4. The molecule has 0 amide bonds. The third-order valence-corrected chi connectivity index (χ3v) is 4.46. The molecule has 0 radical (unpaired) electrons. The van der Waals surface area contributed by atoms with Gasteiger partial charge in [0, 0.05) is 10.5 Å². The van der Waals surface area contributed by atoms with Crippen LogP contribution in [0.15, 0.2) is 22.7 Å². The molecule has 0 saturated heterocycles. The Balaban J connectivity index is 2.16. The zero-order valence-corrected chi connectivity index (χ0v) is 12.0. The van der Waals surface area contributed by atoms with Crippen molar-refractivity contribution in [2.75, 3.05) is 5.32 Å². The lowest BCUT2D eigenvalue weighted by Gasteiger charge is -2.39. The monoisotopic (exact) mass is 299 g/mol. The first-order valence-electron chi connectivity index (χ1n) is 6.21. The first-order valence-corrected chi connectivity index (χ1v) is 7.00. The lowest BCUT2D eigenvalue weighted by atomic mass is 9.73. The molecule has 1 nitrogen and oxygen atoms in total. The second kappa shape index (κ2) is 4.97. The van der Waals surface area contributed by atoms with Gasteiger partial charge < -0.3 is 5.32 Å². The fourth-order valence-electron chi connectivity index (χ4n) is 2.56. The Bertz CT molecular complexity index is 403. The van der Waals surface area contributed by atoms with Crippen molar-refractivity contribution in [1.82, 2.24) is 0 Å². The fourth-order valence-corrected chi connectivity index (χ4v) is 2.92. The maximum absolute atomic E-state index is 13.2. The average molecular weight is 300 g/mol. The van der Waals surface area contributed by atoms with Crippen LogP contribution in [0.2, 0.25) is 0 Å². The van der Waals surface area contributed by atoms with Crippen LogP contribution in [-0.4, -0.2) is 6.04 Å². The van der Waals surface area contributed by atoms with Gasteiger partial charge in [-0.3, -0.25) is 0 Å². The smallest absolute Gasteiger partial charge is 0.125 e. The highest BCUT2D eigenvalue weighted by molar-refractivity contribution is 9.10. The number of hydrogen-bond acceptors (Lipinski definition) is 1. The van der Waals surface area contributed by atoms with Crippen LogP contribution in [0.3, 0.4) is 0 Å². The van der Waals surface area contributed by atoms with E-state index < -0.39 is 0 Å². The molecule has 1 unspecified atom stereocenters. The molecule has 0 heterocycles. The molecule has 0 aliphatic heterocycles. The van der Waals surface area contributed by atoms with Crippen LogP contribution < -0.4 is 5.32 Å². The molecule has 17 heavy (non-hydrogen) atoms. The Morgan fingerprint density at radius 2 is 2.12 bits per heavy atom. The maximum Gasteiger partial charge on any atom is 0.125 e. The van der Waals surface area contributed by atoms with Crippen LogP contribution in [0, 0.1) is 11.2 Å². The van der Waals surface area contributed by atoms with Crippen molar-refractivity contribution >= 4 is 21.6 Å². The molecule has 1 aliphatic carbocycles. The summed E-state index contributed by atoms with van der Waals surface area (Å²) in [5, 5.41) is 3.49. The van der Waals surface area contributed by atoms with E-state index in [0.717, 1.165) is 16.6 Å². The van der Waals surface area contributed by atoms with E-state index in [0.29, 0.717) is 6.04 Å². The Labute approximate surface area is 111 Å². The van der Waals surface area contributed by atoms with Gasteiger partial charge in [-0.2, -0.15) is 0 Å². The molecule has 0 spiro atoms. The highest BCUT2D eigenvalue weighted by Gasteiger charge is 2.32. The summed E-state index contributed by atoms with van der Waals surface area (Å²) in [6.45, 7) is 4.58. The number of halogens is 2. The number of anilines is 1. The van der Waals surface area contributed by atoms with Gasteiger partial charge in [0.2, 0.25) is 0 Å². The van der Waals surface area contributed by atoms with Crippen LogP contribution in [0.4, 0.5) is 10.1 Å². The molecular weight excluding hydrogens is 281 g/mol. The number of hydrogen-bond donors (Lipinski definition) is 1. The lowest BCUT2D eigenvalue weighted by molar-refractivity contribution is 0.217. The van der Waals surface area contributed by atoms with Gasteiger partial charge in [0.15, 0.2) is 0 Å². The number of nitrogens with one attached hydrogen (secondary N) is 1. The molecule has 1 aliphatic rings. The molecule has 2 rings (SSSR count). The first kappa shape index (κ1) is 12.9. The van der Waals surface area contributed by atoms with Crippen LogP contribution >= 0.6 is 15.9 Å². The summed E-state index contributed by atoms with van der Waals surface area (Å²) in [5.74, 6) is -0.190. The SMILES string of the molecule is CC1(C)CCCCC1Nc1cc(F)ccc1Br. The predicted molar refractivity (Wildman–Crippen MR) is 73.8 cm³/mol. The first-order chi connectivity index (χ1) is 7.99. The largest absolute Gasteiger partial charge is 0.381 e. The second-order valence-corrected chi connectivity index (χ2v) is 6.41. The number of rotatable bonds is 2. The molecule has 0 bridgehead atoms. The average Bonchev–Trinajstić information content (AvgIpc) is 2.26. The predicted octanol–water partition coefficient (Wildman–Crippen LogP) is 4.97. The Hall–Kier alpha value is -0.570. The normalized spacial score (nSPS) is 23.4. The van der Waals surface area contributed by atoms with Crippen molar-refractivity contribution < 1.29 is 4.39 Å². The molecule has 1 N–H and O–H groups in total. The van der Waals surface area contributed by atoms with Crippen molar-refractivity contribution in [1.29, 1.82) is 0 Å². The summed E-state index contributed by atoms with van der Waals surface area (Å²) in [5.41, 5.74) is 1.15. The van der Waals surface area contributed by atoms with Crippen molar-refractivity contribution in [2.45, 2.75) is 45.6 Å². The van der Waals surface area contributed by atoms with E-state index in [9.17, 15) is 4.39 Å². The minimum atomic E-state index is -0.190. The molecule has 1 aromatic carbocycles. The molecule has 94 valence electrons. The van der Waals surface area contributed by atoms with Crippen molar-refractivity contribution in [3.8, 4) is 0 Å². The van der Waals surface area contributed by atoms with Crippen LogP contribution in [0.1, 0.15) is 39.5 Å². The quantitative estimate of drug-likeness (QED) is 0.813. The van der Waals surface area contributed by atoms with Crippen molar-refractivity contribution in [3.63, 3.8) is 0 Å². The Kier molecular flexibility index (Phi) is 3.76. The van der Waals surface area contributed by atoms with Gasteiger partial charge in [-0.15, -0.1) is 0 Å². The van der Waals surface area contributed by atoms with Crippen molar-refractivity contribution in [2.24, 2.45) is 5.41 Å². The summed E-state index contributed by atoms with van der Waals surface area (Å²) < 4.78 is 14.2. The topological polar surface area (TPSA) is 12.0 Å². The van der Waals surface area contributed by atoms with Gasteiger partial charge in [0.25, 0.3) is 0 Å². The second-order valence-electron chi connectivity index (χ2n) is 5.56. The van der Waals surface area contributed by atoms with Crippen LogP contribution in [-0.2, 0) is 0 Å². The third kappa shape index (κ3) is 3.01. The van der Waals surface area contributed by atoms with E-state index in [1.807, 2.05) is 0 Å². The summed E-state index contributed by atoms with van der Waals surface area (Å²) in [4.78, 5) is 0. The Morgan fingerprint density at radius 3 is 2.82 bits per heavy atom. The minimum absolute atomic E-state index is 0.190. The van der Waals surface area contributed by atoms with E-state index >= 15 is 0 Å². The van der Waals surface area contributed by atoms with E-state index in [1.54, 1.807) is 12.1 Å². The van der Waals surface area contributed by atoms with E-state index in [4.69, 9.17) is 0 Å². The van der Waals surface area contributed by atoms with Gasteiger partial charge in [0.05, 0.1) is 5.69 Å². The van der Waals surface area contributed by atoms with E-state index in [-0.39, 0.29) is 11.2 Å². The van der Waals surface area contributed by atoms with Gasteiger partial charge >= 0.3 is 0 Å². The van der Waals surface area contributed by atoms with E-state index in [2.05, 4.69) is 35.1 Å². The molecule has 0 aromatic heterocycles. The molecular formula is C14H19BrFN. The summed E-state index contributed by atoms with van der Waals surface area (Å²) in [6, 6.07) is 5.22. The molecule has 3 heteroatoms. The van der Waals surface area contributed by atoms with Gasteiger partial charge in [-0.25, -0.2) is 4.39 Å². The maximum atomic E-state index is 13.2. The molecule has 1 atom stereocenters.